The van der Waals surface area contributed by atoms with Gasteiger partial charge in [0.2, 0.25) is 11.0 Å². The minimum Gasteiger partial charge on any atom is -0.284 e. The smallest absolute Gasteiger partial charge is 0.237 e. The molecule has 0 N–H and O–H groups in total. The molecule has 2 unspecified atom stereocenters. The van der Waals surface area contributed by atoms with E-state index < -0.39 is 26.9 Å². The van der Waals surface area contributed by atoms with Crippen LogP contribution in [0.4, 0.5) is 0 Å². The minimum atomic E-state index is -0.583. The summed E-state index contributed by atoms with van der Waals surface area (Å²) in [5, 5.41) is 0. The van der Waals surface area contributed by atoms with Gasteiger partial charge in [-0.15, -0.1) is 62.0 Å². The number of hydrogen-bond acceptors (Lipinski definition) is 2. The fourth-order valence-corrected chi connectivity index (χ4v) is 1.62. The van der Waals surface area contributed by atoms with Crippen LogP contribution in [0.3, 0.4) is 0 Å². The third-order valence-corrected chi connectivity index (χ3v) is 2.46. The lowest BCUT2D eigenvalue weighted by Crippen LogP contribution is -1.96. The average Bonchev–Trinajstić information content (AvgIpc) is 1.84. The van der Waals surface area contributed by atoms with Crippen molar-refractivity contribution in [2.45, 2.75) is 0 Å². The van der Waals surface area contributed by atoms with Crippen LogP contribution in [0.2, 0.25) is 0 Å². The van der Waals surface area contributed by atoms with E-state index >= 15 is 0 Å². The van der Waals surface area contributed by atoms with Crippen molar-refractivity contribution >= 4 is 111 Å². The fourth-order valence-electron chi connectivity index (χ4n) is 0.0858. The van der Waals surface area contributed by atoms with Gasteiger partial charge in [-0.25, -0.2) is 0 Å². The quantitative estimate of drug-likeness (QED) is 0.557. The second kappa shape index (κ2) is 23.8. The van der Waals surface area contributed by atoms with Crippen LogP contribution in [0, 0.1) is 0 Å². The predicted molar refractivity (Wildman–Crippen MR) is 74.6 cm³/mol. The molecule has 11 heteroatoms. The highest BCUT2D eigenvalue weighted by Gasteiger charge is 2.09. The first kappa shape index (κ1) is 36.2. The molecular weight excluding hydrogens is 366 g/mol. The largest absolute Gasteiger partial charge is 0.284 e. The fraction of sp³-hybridized carbons (Fsp3) is 0. The second-order valence-electron chi connectivity index (χ2n) is 0.847. The molecule has 0 aromatic heterocycles. The Morgan fingerprint density at radius 2 is 0.846 bits per heavy atom. The molecule has 0 aromatic rings. The van der Waals surface area contributed by atoms with Crippen LogP contribution in [-0.4, -0.2) is 11.0 Å². The molecule has 0 fully saturated rings. The average molecular weight is 373 g/mol. The second-order valence-corrected chi connectivity index (χ2v) is 3.27. The van der Waals surface area contributed by atoms with Gasteiger partial charge >= 0.3 is 0 Å². The van der Waals surface area contributed by atoms with E-state index in [1.54, 1.807) is 0 Å². The van der Waals surface area contributed by atoms with Crippen molar-refractivity contribution in [3.05, 3.63) is 0 Å². The van der Waals surface area contributed by atoms with Gasteiger partial charge in [-0.3, -0.25) is 9.59 Å². The van der Waals surface area contributed by atoms with Crippen molar-refractivity contribution in [3.63, 3.8) is 0 Å². The molecule has 2 atom stereocenters. The summed E-state index contributed by atoms with van der Waals surface area (Å²) in [5.74, 6) is 0. The highest BCUT2D eigenvalue weighted by atomic mass is 35.7. The Bertz CT molecular complexity index is 107. The zero-order chi connectivity index (χ0) is 6.57. The van der Waals surface area contributed by atoms with Gasteiger partial charge in [-0.1, -0.05) is 22.5 Å². The molecule has 0 aliphatic heterocycles. The van der Waals surface area contributed by atoms with Gasteiger partial charge in [0, 0.05) is 0 Å². The normalized spacial score (nSPS) is 7.23. The van der Waals surface area contributed by atoms with E-state index in [0.29, 0.717) is 0 Å². The van der Waals surface area contributed by atoms with Crippen molar-refractivity contribution in [1.29, 1.82) is 0 Å². The Morgan fingerprint density at radius 1 is 0.692 bits per heavy atom. The van der Waals surface area contributed by atoms with E-state index in [2.05, 4.69) is 0 Å². The summed E-state index contributed by atoms with van der Waals surface area (Å²) in [4.78, 5) is 20.4. The molecule has 0 heterocycles. The topological polar surface area (TPSA) is 34.1 Å². The Hall–Kier alpha value is 2.23. The monoisotopic (exact) mass is 370 g/mol. The van der Waals surface area contributed by atoms with Crippen molar-refractivity contribution < 1.29 is 9.59 Å². The van der Waals surface area contributed by atoms with Gasteiger partial charge in [0.15, 0.2) is 0 Å². The summed E-state index contributed by atoms with van der Waals surface area (Å²) in [6.07, 6.45) is 0. The van der Waals surface area contributed by atoms with E-state index in [9.17, 15) is 9.59 Å². The first-order chi connectivity index (χ1) is 3.72. The Labute approximate surface area is 120 Å². The zero-order valence-corrected chi connectivity index (χ0v) is 13.2. The molecule has 0 saturated carbocycles. The summed E-state index contributed by atoms with van der Waals surface area (Å²) in [7, 11) is -0.950. The molecule has 2 nitrogen and oxygen atoms in total. The third kappa shape index (κ3) is 20.3. The lowest BCUT2D eigenvalue weighted by Gasteiger charge is -1.84. The van der Waals surface area contributed by atoms with Crippen molar-refractivity contribution in [2.75, 3.05) is 0 Å². The van der Waals surface area contributed by atoms with Crippen LogP contribution in [0.5, 0.6) is 0 Å². The van der Waals surface area contributed by atoms with E-state index in [-0.39, 0.29) is 62.0 Å². The number of carbonyl (C=O) groups excluding carboxylic acids is 2. The summed E-state index contributed by atoms with van der Waals surface area (Å²) < 4.78 is 0. The summed E-state index contributed by atoms with van der Waals surface area (Å²) >= 11 is 10.1. The molecule has 0 aromatic carbocycles. The molecule has 86 valence electrons. The van der Waals surface area contributed by atoms with Crippen LogP contribution < -0.4 is 0 Å². The highest BCUT2D eigenvalue weighted by Crippen LogP contribution is 2.26. The van der Waals surface area contributed by atoms with Gasteiger partial charge in [-0.05, 0) is 0 Å². The predicted octanol–water partition coefficient (Wildman–Crippen LogP) is 3.81. The summed E-state index contributed by atoms with van der Waals surface area (Å²) in [6.45, 7) is 0. The van der Waals surface area contributed by atoms with Crippen molar-refractivity contribution in [3.8, 4) is 0 Å². The lowest BCUT2D eigenvalue weighted by molar-refractivity contribution is -0.126. The minimum absolute atomic E-state index is 0. The van der Waals surface area contributed by atoms with E-state index in [1.807, 2.05) is 0 Å². The maximum absolute atomic E-state index is 10.2. The molecule has 0 rings (SSSR count). The van der Waals surface area contributed by atoms with Gasteiger partial charge in [0.25, 0.3) is 0 Å². The molecule has 13 heavy (non-hydrogen) atoms. The number of hydrogen-bond donors (Lipinski definition) is 0. The first-order valence-electron chi connectivity index (χ1n) is 1.54. The van der Waals surface area contributed by atoms with Crippen LogP contribution in [0.25, 0.3) is 0 Å². The van der Waals surface area contributed by atoms with Gasteiger partial charge < -0.3 is 0 Å². The molecule has 0 amide bonds. The molecule has 0 bridgehead atoms. The van der Waals surface area contributed by atoms with E-state index in [4.69, 9.17) is 22.5 Å². The number of halogens is 7. The summed E-state index contributed by atoms with van der Waals surface area (Å²) in [6, 6.07) is 0. The van der Waals surface area contributed by atoms with Gasteiger partial charge in [-0.2, -0.15) is 0 Å². The standard InChI is InChI=1S/C2H2Cl2O2P2.5ClH/c3-7-1(5)2(6)8-4;;;;;/h7-8H;5*1H. The van der Waals surface area contributed by atoms with Crippen LogP contribution >= 0.6 is 100 Å². The van der Waals surface area contributed by atoms with Gasteiger partial charge in [0.1, 0.15) is 0 Å². The number of rotatable bonds is 3. The highest BCUT2D eigenvalue weighted by molar-refractivity contribution is 7.94. The van der Waals surface area contributed by atoms with Crippen molar-refractivity contribution in [1.82, 2.24) is 0 Å². The lowest BCUT2D eigenvalue weighted by atomic mass is 10.9. The van der Waals surface area contributed by atoms with E-state index in [0.717, 1.165) is 0 Å². The molecule has 0 aliphatic rings. The third-order valence-electron chi connectivity index (χ3n) is 0.378. The zero-order valence-electron chi connectivity index (χ0n) is 5.61. The van der Waals surface area contributed by atoms with E-state index in [1.165, 1.54) is 0 Å². The Morgan fingerprint density at radius 3 is 0.923 bits per heavy atom. The maximum Gasteiger partial charge on any atom is 0.237 e. The molecule has 0 saturated heterocycles. The summed E-state index contributed by atoms with van der Waals surface area (Å²) in [5.41, 5.74) is -1.17. The molecular formula is C2H7Cl7O2P2. The van der Waals surface area contributed by atoms with Crippen LogP contribution in [0.15, 0.2) is 0 Å². The maximum atomic E-state index is 10.2. The molecule has 0 aliphatic carbocycles. The van der Waals surface area contributed by atoms with Crippen LogP contribution in [-0.2, 0) is 9.59 Å². The first-order valence-corrected chi connectivity index (χ1v) is 5.56. The Kier molecular flexibility index (Phi) is 66.3. The number of carbonyl (C=O) groups is 2. The molecule has 0 radical (unpaired) electrons. The van der Waals surface area contributed by atoms with Crippen LogP contribution in [0.1, 0.15) is 0 Å². The Balaban J connectivity index is -0.0000000245. The van der Waals surface area contributed by atoms with Gasteiger partial charge in [0.05, 0.1) is 15.9 Å². The van der Waals surface area contributed by atoms with Crippen molar-refractivity contribution in [2.24, 2.45) is 0 Å². The molecule has 0 spiro atoms. The SMILES string of the molecule is Cl.Cl.Cl.Cl.Cl.O=C(PCl)C(=O)PCl.